The van der Waals surface area contributed by atoms with Crippen LogP contribution in [0.15, 0.2) is 0 Å². The predicted octanol–water partition coefficient (Wildman–Crippen LogP) is -21.5. The Balaban J connectivity index is 0.936. The Hall–Kier alpha value is -3.59. The molecule has 742 valence electrons. The van der Waals surface area contributed by atoms with E-state index >= 15 is 0 Å². The number of nitrogens with one attached hydrogen (secondary N) is 3. The number of amides is 3. The molecule has 56 heteroatoms. The van der Waals surface area contributed by atoms with E-state index in [9.17, 15) is 162 Å². The van der Waals surface area contributed by atoms with E-state index in [2.05, 4.69) is 16.0 Å². The van der Waals surface area contributed by atoms with E-state index in [1.54, 1.807) is 0 Å². The van der Waals surface area contributed by atoms with Crippen LogP contribution in [0, 0.1) is 0 Å². The molecule has 0 bridgehead atoms. The lowest BCUT2D eigenvalue weighted by Crippen LogP contribution is -2.72. The maximum Gasteiger partial charge on any atom is 0.217 e. The van der Waals surface area contributed by atoms with Crippen molar-refractivity contribution in [2.45, 2.75) is 379 Å². The minimum Gasteiger partial charge on any atom is -0.394 e. The number of hydrogen-bond donors (Lipinski definition) is 32. The summed E-state index contributed by atoms with van der Waals surface area (Å²) in [6, 6.07) is -6.14. The van der Waals surface area contributed by atoms with Gasteiger partial charge in [-0.2, -0.15) is 0 Å². The highest BCUT2D eigenvalue weighted by Gasteiger charge is 2.63. The molecule has 11 aliphatic rings. The first-order valence-electron chi connectivity index (χ1n) is 41.2. The Morgan fingerprint density at radius 1 is 0.219 bits per heavy atom. The molecule has 128 heavy (non-hydrogen) atoms. The summed E-state index contributed by atoms with van der Waals surface area (Å²) < 4.78 is 127. The lowest BCUT2D eigenvalue weighted by Gasteiger charge is -2.52. The van der Waals surface area contributed by atoms with E-state index in [-0.39, 0.29) is 0 Å². The van der Waals surface area contributed by atoms with Crippen molar-refractivity contribution in [2.24, 2.45) is 0 Å². The molecule has 11 rings (SSSR count). The smallest absolute Gasteiger partial charge is 0.217 e. The fraction of sp³-hybridized carbons (Fsp3) is 0.958. The van der Waals surface area contributed by atoms with Crippen molar-refractivity contribution in [1.29, 1.82) is 0 Å². The normalized spacial score (nSPS) is 51.6. The highest BCUT2D eigenvalue weighted by Crippen LogP contribution is 2.43. The first kappa shape index (κ1) is 105. The van der Waals surface area contributed by atoms with E-state index in [0.717, 1.165) is 20.8 Å². The number of aliphatic hydroxyl groups excluding tert-OH is 29. The molecule has 56 nitrogen and oxygen atoms in total. The molecular weight excluding hydrogens is 1750 g/mol. The summed E-state index contributed by atoms with van der Waals surface area (Å²) in [4.78, 5) is 40.8. The van der Waals surface area contributed by atoms with Gasteiger partial charge in [-0.05, 0) is 20.8 Å². The van der Waals surface area contributed by atoms with Crippen molar-refractivity contribution >= 4 is 17.7 Å². The zero-order valence-corrected chi connectivity index (χ0v) is 69.2. The van der Waals surface area contributed by atoms with Crippen LogP contribution in [0.4, 0.5) is 0 Å². The topological polar surface area (TPSA) is 868 Å². The second kappa shape index (κ2) is 45.1. The third kappa shape index (κ3) is 22.5. The van der Waals surface area contributed by atoms with Crippen LogP contribution in [0.3, 0.4) is 0 Å². The molecule has 0 aromatic heterocycles. The van der Waals surface area contributed by atoms with Crippen molar-refractivity contribution in [3.63, 3.8) is 0 Å². The first-order chi connectivity index (χ1) is 60.5. The summed E-state index contributed by atoms with van der Waals surface area (Å²) in [5, 5.41) is 331. The van der Waals surface area contributed by atoms with Gasteiger partial charge in [0.25, 0.3) is 0 Å². The van der Waals surface area contributed by atoms with Crippen LogP contribution in [-0.2, 0) is 114 Å². The highest BCUT2D eigenvalue weighted by atomic mass is 16.8. The Labute approximate surface area is 725 Å². The van der Waals surface area contributed by atoms with Gasteiger partial charge in [0.2, 0.25) is 17.7 Å². The number of ether oxygens (including phenoxy) is 21. The molecule has 0 spiro atoms. The predicted molar refractivity (Wildman–Crippen MR) is 393 cm³/mol. The summed E-state index contributed by atoms with van der Waals surface area (Å²) in [7, 11) is 0. The molecule has 11 saturated heterocycles. The number of rotatable bonds is 31. The summed E-state index contributed by atoms with van der Waals surface area (Å²) in [6.45, 7) is -2.94. The monoisotopic (exact) mass is 1880 g/mol. The quantitative estimate of drug-likeness (QED) is 0.0306. The highest BCUT2D eigenvalue weighted by molar-refractivity contribution is 5.74. The van der Waals surface area contributed by atoms with E-state index < -0.39 is 408 Å². The maximum absolute atomic E-state index is 13.8. The molecular formula is C72H121N3O53. The maximum atomic E-state index is 13.8. The first-order valence-corrected chi connectivity index (χ1v) is 41.2. The van der Waals surface area contributed by atoms with Crippen molar-refractivity contribution in [3.8, 4) is 0 Å². The summed E-state index contributed by atoms with van der Waals surface area (Å²) in [5.41, 5.74) is 0. The summed E-state index contributed by atoms with van der Waals surface area (Å²) >= 11 is 0. The van der Waals surface area contributed by atoms with Gasteiger partial charge < -0.3 is 264 Å². The zero-order chi connectivity index (χ0) is 94.1. The molecule has 0 unspecified atom stereocenters. The van der Waals surface area contributed by atoms with Gasteiger partial charge in [0.15, 0.2) is 69.2 Å². The fourth-order valence-electron chi connectivity index (χ4n) is 16.9. The van der Waals surface area contributed by atoms with Gasteiger partial charge in [-0.25, -0.2) is 0 Å². The Morgan fingerprint density at radius 2 is 0.453 bits per heavy atom. The molecule has 0 saturated carbocycles. The molecule has 0 aliphatic carbocycles. The van der Waals surface area contributed by atoms with Crippen LogP contribution < -0.4 is 16.0 Å². The fourth-order valence-corrected chi connectivity index (χ4v) is 16.9. The minimum atomic E-state index is -2.53. The van der Waals surface area contributed by atoms with E-state index in [0.29, 0.717) is 0 Å². The molecule has 55 atom stereocenters. The van der Waals surface area contributed by atoms with Crippen LogP contribution in [0.1, 0.15) is 41.5 Å². The molecule has 11 aliphatic heterocycles. The second-order valence-corrected chi connectivity index (χ2v) is 33.0. The van der Waals surface area contributed by atoms with Gasteiger partial charge in [0, 0.05) is 20.8 Å². The Bertz CT molecular complexity index is 3460. The van der Waals surface area contributed by atoms with Gasteiger partial charge in [0.1, 0.15) is 250 Å². The molecule has 32 N–H and O–H groups in total. The number of carbonyl (C=O) groups excluding carboxylic acids is 3. The van der Waals surface area contributed by atoms with Crippen molar-refractivity contribution < 1.29 is 262 Å². The van der Waals surface area contributed by atoms with Crippen molar-refractivity contribution in [3.05, 3.63) is 0 Å². The second-order valence-electron chi connectivity index (χ2n) is 33.0. The molecule has 11 fully saturated rings. The molecule has 0 aromatic rings. The van der Waals surface area contributed by atoms with Crippen molar-refractivity contribution in [2.75, 3.05) is 52.9 Å². The number of carbonyl (C=O) groups is 3. The van der Waals surface area contributed by atoms with Crippen LogP contribution in [-0.4, -0.2) is 556 Å². The Morgan fingerprint density at radius 3 is 0.773 bits per heavy atom. The average Bonchev–Trinajstić information content (AvgIpc) is 0.759. The average molecular weight is 1880 g/mol. The summed E-state index contributed by atoms with van der Waals surface area (Å²) in [5.74, 6) is -3.07. The van der Waals surface area contributed by atoms with Crippen LogP contribution in [0.2, 0.25) is 0 Å². The lowest BCUT2D eigenvalue weighted by molar-refractivity contribution is -0.397. The molecule has 0 aromatic carbocycles. The standard InChI is InChI=1S/C72H121N3O53/c1-15-32(86)39(93)46(100)66(109-15)121-55-26(12-81)117-64(31(75-20(6)85)59(55)126-70-50(104)43(97)36(90)22(8-77)114-70)127-60-37(91)23(9-78)115-71(51(60)105)123-54-25(11-80)116-63(29(73-18(4)83)57(54)124-67-47(101)40(94)33(87)16(2)110-67)108-14-28-38(92)61(52(106)72(119-28)120-53-24(10-79)112-62(107)45(99)44(53)98)128-65-30(74-19(5)84)58(125-68-48(102)41(95)34(88)17(3)111-68)56(27(13-82)118-65)122-69-49(103)42(96)35(89)21(7-76)113-69/h15-17,21-72,76-82,86-107H,7-14H2,1-6H3,(H,73,83)(H,74,84)(H,75,85)/t15-,16-,17-,21+,22+,23+,24+,25+,26+,27+,28+,29+,30+,31+,32+,33+,34+,35-,36-,37-,38-,39+,40+,41+,42-,43-,44+,45+,46-,47-,48-,49+,50+,51+,52+,53+,54+,55+,56+,57+,58+,59+,60-,61-,62+,63+,64-,65-,66-,67-,68-,69-,70-,71-,72-/m0/s1. The third-order valence-electron chi connectivity index (χ3n) is 24.1. The molecule has 0 radical (unpaired) electrons. The zero-order valence-electron chi connectivity index (χ0n) is 69.2. The van der Waals surface area contributed by atoms with Gasteiger partial charge in [-0.3, -0.25) is 14.4 Å². The summed E-state index contributed by atoms with van der Waals surface area (Å²) in [6.07, 6.45) is -108. The van der Waals surface area contributed by atoms with Crippen LogP contribution >= 0.6 is 0 Å². The lowest BCUT2D eigenvalue weighted by atomic mass is 9.93. The van der Waals surface area contributed by atoms with Gasteiger partial charge in [-0.15, -0.1) is 0 Å². The van der Waals surface area contributed by atoms with Gasteiger partial charge in [-0.1, -0.05) is 0 Å². The Kier molecular flexibility index (Phi) is 37.0. The molecule has 3 amide bonds. The number of aliphatic hydroxyl groups is 29. The SMILES string of the molecule is CC(=O)N[C@H]1[C@H](O[C@H]2[C@@H](O)[C@@H](CO)O[C@@H](O[C@H]3[C@H](O[C@@H]4O[C@@H](C)[C@@H](O)[C@@H](O)[C@@H]4O)[C@@H](NC(C)=O)[C@H](OC[C@H]4O[C@@H](O[C@H]5[C@H](O)[C@@H](O)[C@H](O)O[C@@H]5CO)[C@H](O)[C@@H](O[C@@H]5O[C@H](CO)[C@@H](O[C@@H]6O[C@H](CO)[C@H](O)[C@H](O)[C@H]6O)[C@H](O[C@@H]6O[C@@H](C)[C@@H](O)[C@@H](O)[C@@H]6O)[C@H]5NC(C)=O)[C@H]4O)O[C@@H]3CO)[C@@H]2O)O[C@H](CO)[C@@H](O[C@@H]2O[C@@H](C)[C@@H](O)[C@@H](O)[C@@H]2O)[C@@H]1O[C@@H]1O[C@H](CO)[C@H](O)[C@H](O)[C@H]1O. The largest absolute Gasteiger partial charge is 0.394 e. The minimum absolute atomic E-state index is 0.901. The van der Waals surface area contributed by atoms with Gasteiger partial charge in [0.05, 0.1) is 71.2 Å². The van der Waals surface area contributed by atoms with E-state index in [1.165, 1.54) is 20.8 Å². The van der Waals surface area contributed by atoms with E-state index in [4.69, 9.17) is 99.5 Å². The molecule has 11 heterocycles. The van der Waals surface area contributed by atoms with Gasteiger partial charge >= 0.3 is 0 Å². The number of hydrogen-bond acceptors (Lipinski definition) is 53. The third-order valence-corrected chi connectivity index (χ3v) is 24.1. The van der Waals surface area contributed by atoms with Crippen LogP contribution in [0.25, 0.3) is 0 Å². The van der Waals surface area contributed by atoms with Crippen LogP contribution in [0.5, 0.6) is 0 Å². The van der Waals surface area contributed by atoms with E-state index in [1.807, 2.05) is 0 Å². The van der Waals surface area contributed by atoms with Crippen molar-refractivity contribution in [1.82, 2.24) is 16.0 Å².